The van der Waals surface area contributed by atoms with Gasteiger partial charge in [0, 0.05) is 19.0 Å². The number of amides is 3. The van der Waals surface area contributed by atoms with E-state index >= 15 is 0 Å². The summed E-state index contributed by atoms with van der Waals surface area (Å²) < 4.78 is 43.9. The van der Waals surface area contributed by atoms with Gasteiger partial charge in [-0.2, -0.15) is 13.2 Å². The Hall–Kier alpha value is -2.41. The van der Waals surface area contributed by atoms with Crippen molar-refractivity contribution in [2.24, 2.45) is 28.6 Å². The van der Waals surface area contributed by atoms with E-state index in [1.54, 1.807) is 0 Å². The predicted molar refractivity (Wildman–Crippen MR) is 124 cm³/mol. The van der Waals surface area contributed by atoms with E-state index in [0.717, 1.165) is 0 Å². The summed E-state index contributed by atoms with van der Waals surface area (Å²) in [5.41, 5.74) is -1.31. The molecule has 0 radical (unpaired) electrons. The van der Waals surface area contributed by atoms with Gasteiger partial charge in [0.25, 0.3) is 0 Å². The first-order chi connectivity index (χ1) is 16.9. The normalized spacial score (nSPS) is 29.1. The Bertz CT molecular complexity index is 934. The van der Waals surface area contributed by atoms with E-state index in [0.29, 0.717) is 13.0 Å². The summed E-state index contributed by atoms with van der Waals surface area (Å²) in [5, 5.41) is 18.6. The molecular formula is C24H37F3N4O6. The van der Waals surface area contributed by atoms with E-state index in [9.17, 15) is 37.5 Å². The molecule has 210 valence electrons. The highest BCUT2D eigenvalue weighted by atomic mass is 19.4. The van der Waals surface area contributed by atoms with Crippen LogP contribution < -0.4 is 16.0 Å². The highest BCUT2D eigenvalue weighted by Crippen LogP contribution is 2.65. The van der Waals surface area contributed by atoms with E-state index in [1.807, 2.05) is 19.2 Å². The number of ether oxygens (including phenoxy) is 1. The Morgan fingerprint density at radius 2 is 1.86 bits per heavy atom. The summed E-state index contributed by atoms with van der Waals surface area (Å²) >= 11 is 0. The lowest BCUT2D eigenvalue weighted by Crippen LogP contribution is -2.62. The molecule has 0 aromatic rings. The van der Waals surface area contributed by atoms with Crippen LogP contribution in [0.5, 0.6) is 0 Å². The maximum atomic E-state index is 13.6. The summed E-state index contributed by atoms with van der Waals surface area (Å²) in [4.78, 5) is 51.2. The average Bonchev–Trinajstić information content (AvgIpc) is 3.14. The molecule has 0 spiro atoms. The molecule has 2 aliphatic heterocycles. The second-order valence-corrected chi connectivity index (χ2v) is 11.9. The molecule has 3 fully saturated rings. The molecule has 7 atom stereocenters. The Kier molecular flexibility index (Phi) is 7.92. The van der Waals surface area contributed by atoms with Gasteiger partial charge in [0.1, 0.15) is 18.3 Å². The number of alkyl halides is 3. The van der Waals surface area contributed by atoms with E-state index in [-0.39, 0.29) is 36.1 Å². The Balaban J connectivity index is 1.84. The second-order valence-electron chi connectivity index (χ2n) is 11.9. The minimum atomic E-state index is -5.17. The Labute approximate surface area is 214 Å². The molecule has 0 bridgehead atoms. The van der Waals surface area contributed by atoms with Crippen molar-refractivity contribution in [2.45, 2.75) is 78.0 Å². The monoisotopic (exact) mass is 534 g/mol. The molecule has 0 aromatic heterocycles. The highest BCUT2D eigenvalue weighted by molar-refractivity contribution is 5.91. The van der Waals surface area contributed by atoms with Crippen LogP contribution in [0.25, 0.3) is 0 Å². The fraction of sp³-hybridized carbons (Fsp3) is 0.833. The van der Waals surface area contributed by atoms with Gasteiger partial charge in [-0.3, -0.25) is 24.5 Å². The van der Waals surface area contributed by atoms with Crippen molar-refractivity contribution in [3.05, 3.63) is 0 Å². The van der Waals surface area contributed by atoms with Crippen LogP contribution in [0.15, 0.2) is 0 Å². The number of carbonyl (C=O) groups excluding carboxylic acids is 4. The minimum Gasteiger partial charge on any atom is -0.468 e. The number of aliphatic hydroxyl groups excluding tert-OH is 1. The number of nitrogens with zero attached hydrogens (tertiary/aromatic N) is 1. The third-order valence-electron chi connectivity index (χ3n) is 8.05. The van der Waals surface area contributed by atoms with Gasteiger partial charge in [0.15, 0.2) is 0 Å². The standard InChI is InChI=1S/C24H37F3N4O6/c1-22(2,3)16(30-21(36)24(25,26)27)19(34)31-10-12-14(23(12,4)5)15(31)18(33)29-13(20(35)37-6)9-11-7-8-28-17(11)32/h11-16,18,29,33H,7-10H2,1-6H3,(H,28,32)(H,30,36)/t11-,12-,13-,14-,15-,16+,18?/m0/s1. The van der Waals surface area contributed by atoms with Gasteiger partial charge in [-0.1, -0.05) is 34.6 Å². The maximum Gasteiger partial charge on any atom is 0.471 e. The number of hydrogen-bond donors (Lipinski definition) is 4. The fourth-order valence-electron chi connectivity index (χ4n) is 5.81. The molecule has 1 aliphatic carbocycles. The number of rotatable bonds is 8. The summed E-state index contributed by atoms with van der Waals surface area (Å²) in [5.74, 6) is -4.53. The van der Waals surface area contributed by atoms with E-state index < -0.39 is 59.6 Å². The number of halogens is 3. The van der Waals surface area contributed by atoms with Gasteiger partial charge >= 0.3 is 18.1 Å². The first-order valence-corrected chi connectivity index (χ1v) is 12.4. The van der Waals surface area contributed by atoms with Crippen LogP contribution in [-0.2, 0) is 23.9 Å². The molecule has 3 aliphatic rings. The zero-order chi connectivity index (χ0) is 28.1. The average molecular weight is 535 g/mol. The van der Waals surface area contributed by atoms with Crippen molar-refractivity contribution in [2.75, 3.05) is 20.2 Å². The van der Waals surface area contributed by atoms with Crippen molar-refractivity contribution < 1.29 is 42.2 Å². The number of nitrogens with one attached hydrogen (secondary N) is 3. The van der Waals surface area contributed by atoms with Crippen LogP contribution in [0, 0.1) is 28.6 Å². The number of esters is 1. The molecule has 0 aromatic carbocycles. The molecule has 37 heavy (non-hydrogen) atoms. The number of carbonyl (C=O) groups is 4. The zero-order valence-electron chi connectivity index (χ0n) is 21.9. The number of likely N-dealkylation sites (tertiary alicyclic amines) is 1. The van der Waals surface area contributed by atoms with Gasteiger partial charge in [0.05, 0.1) is 13.2 Å². The summed E-state index contributed by atoms with van der Waals surface area (Å²) in [6.45, 7) is 9.21. The smallest absolute Gasteiger partial charge is 0.468 e. The number of hydrogen-bond acceptors (Lipinski definition) is 7. The van der Waals surface area contributed by atoms with Gasteiger partial charge in [-0.15, -0.1) is 0 Å². The van der Waals surface area contributed by atoms with Crippen LogP contribution in [-0.4, -0.2) is 84.4 Å². The molecule has 1 saturated carbocycles. The third-order valence-corrected chi connectivity index (χ3v) is 8.05. The lowest BCUT2D eigenvalue weighted by molar-refractivity contribution is -0.176. The summed E-state index contributed by atoms with van der Waals surface area (Å²) in [7, 11) is 1.18. The van der Waals surface area contributed by atoms with Crippen molar-refractivity contribution in [3.63, 3.8) is 0 Å². The lowest BCUT2D eigenvalue weighted by atomic mass is 9.85. The van der Waals surface area contributed by atoms with Crippen molar-refractivity contribution >= 4 is 23.7 Å². The van der Waals surface area contributed by atoms with Crippen molar-refractivity contribution in [3.8, 4) is 0 Å². The molecule has 3 rings (SSSR count). The van der Waals surface area contributed by atoms with Crippen molar-refractivity contribution in [1.82, 2.24) is 20.9 Å². The van der Waals surface area contributed by atoms with Crippen LogP contribution in [0.1, 0.15) is 47.5 Å². The quantitative estimate of drug-likeness (QED) is 0.264. The van der Waals surface area contributed by atoms with Crippen LogP contribution >= 0.6 is 0 Å². The molecule has 2 heterocycles. The van der Waals surface area contributed by atoms with Gasteiger partial charge in [0.2, 0.25) is 11.8 Å². The summed E-state index contributed by atoms with van der Waals surface area (Å²) in [6.07, 6.45) is -6.02. The number of methoxy groups -OCH3 is 1. The fourth-order valence-corrected chi connectivity index (χ4v) is 5.81. The molecule has 13 heteroatoms. The summed E-state index contributed by atoms with van der Waals surface area (Å²) in [6, 6.07) is -3.42. The van der Waals surface area contributed by atoms with Crippen LogP contribution in [0.3, 0.4) is 0 Å². The second kappa shape index (κ2) is 10.0. The van der Waals surface area contributed by atoms with E-state index in [4.69, 9.17) is 4.74 Å². The first kappa shape index (κ1) is 29.2. The number of aliphatic hydroxyl groups is 1. The highest BCUT2D eigenvalue weighted by Gasteiger charge is 2.69. The number of fused-ring (bicyclic) bond motifs is 1. The van der Waals surface area contributed by atoms with Crippen molar-refractivity contribution in [1.29, 1.82) is 0 Å². The molecule has 2 saturated heterocycles. The molecule has 1 unspecified atom stereocenters. The maximum absolute atomic E-state index is 13.6. The minimum absolute atomic E-state index is 0.0194. The first-order valence-electron chi connectivity index (χ1n) is 12.4. The van der Waals surface area contributed by atoms with Gasteiger partial charge < -0.3 is 25.4 Å². The lowest BCUT2D eigenvalue weighted by Gasteiger charge is -2.40. The predicted octanol–water partition coefficient (Wildman–Crippen LogP) is 0.538. The van der Waals surface area contributed by atoms with Gasteiger partial charge in [-0.25, -0.2) is 0 Å². The number of piperidine rings is 1. The van der Waals surface area contributed by atoms with Gasteiger partial charge in [-0.05, 0) is 35.5 Å². The molecule has 10 nitrogen and oxygen atoms in total. The molecule has 4 N–H and O–H groups in total. The van der Waals surface area contributed by atoms with Crippen LogP contribution in [0.2, 0.25) is 0 Å². The zero-order valence-corrected chi connectivity index (χ0v) is 21.9. The largest absolute Gasteiger partial charge is 0.471 e. The SMILES string of the molecule is COC(=O)[C@H](C[C@@H]1CCNC1=O)NC(O)[C@@H]1[C@@H]2[C@H](CN1C(=O)[C@@H](NC(=O)C(F)(F)F)C(C)(C)C)C2(C)C. The molecular weight excluding hydrogens is 497 g/mol. The topological polar surface area (TPSA) is 137 Å². The van der Waals surface area contributed by atoms with Crippen LogP contribution in [0.4, 0.5) is 13.2 Å². The van der Waals surface area contributed by atoms with E-state index in [2.05, 4.69) is 10.6 Å². The van der Waals surface area contributed by atoms with E-state index in [1.165, 1.54) is 32.8 Å². The third kappa shape index (κ3) is 5.87. The Morgan fingerprint density at radius 3 is 2.35 bits per heavy atom. The molecule has 3 amide bonds. The Morgan fingerprint density at radius 1 is 1.24 bits per heavy atom.